The minimum absolute atomic E-state index is 0.299. The van der Waals surface area contributed by atoms with Gasteiger partial charge in [-0.3, -0.25) is 0 Å². The van der Waals surface area contributed by atoms with Crippen molar-refractivity contribution in [2.45, 2.75) is 71.4 Å². The number of carbonyl (C=O) groups is 6. The summed E-state index contributed by atoms with van der Waals surface area (Å²) in [7, 11) is 2.54. The Morgan fingerprint density at radius 1 is 0.557 bits per heavy atom. The number of hydrogen-bond acceptors (Lipinski definition) is 16. The number of rotatable bonds is 22. The Bertz CT molecular complexity index is 1960. The van der Waals surface area contributed by atoms with Crippen LogP contribution >= 0.6 is 0 Å². The molecule has 0 radical (unpaired) electrons. The normalized spacial score (nSPS) is 10.9. The Kier molecular flexibility index (Phi) is 21.1. The fourth-order valence-electron chi connectivity index (χ4n) is 4.58. The predicted octanol–water partition coefficient (Wildman–Crippen LogP) is 7.55. The van der Waals surface area contributed by atoms with E-state index in [0.29, 0.717) is 91.8 Å². The van der Waals surface area contributed by atoms with Crippen LogP contribution in [0.1, 0.15) is 79.7 Å². The molecule has 0 bridgehead atoms. The summed E-state index contributed by atoms with van der Waals surface area (Å²) >= 11 is 0. The summed E-state index contributed by atoms with van der Waals surface area (Å²) in [6, 6.07) is 17.8. The summed E-state index contributed by atoms with van der Waals surface area (Å²) in [5.41, 5.74) is -0.932. The van der Waals surface area contributed by atoms with Crippen molar-refractivity contribution in [3.8, 4) is 23.0 Å². The van der Waals surface area contributed by atoms with Gasteiger partial charge in [0.15, 0.2) is 11.1 Å². The second-order valence-electron chi connectivity index (χ2n) is 13.9. The molecule has 16 nitrogen and oxygen atoms in total. The minimum Gasteiger partial charge on any atom is -0.494 e. The summed E-state index contributed by atoms with van der Waals surface area (Å²) < 4.78 is 41.3. The second kappa shape index (κ2) is 25.6. The van der Waals surface area contributed by atoms with Crippen molar-refractivity contribution in [1.29, 1.82) is 0 Å². The monoisotopic (exact) mass is 846 g/mol. The first-order chi connectivity index (χ1) is 29.0. The van der Waals surface area contributed by atoms with Crippen molar-refractivity contribution in [2.24, 2.45) is 10.2 Å². The molecule has 0 heterocycles. The van der Waals surface area contributed by atoms with Crippen LogP contribution in [0, 0.1) is 6.92 Å². The molecular formula is C45H54N2O14. The van der Waals surface area contributed by atoms with E-state index in [0.717, 1.165) is 12.2 Å². The number of nitrogens with zero attached hydrogens (tertiary/aromatic N) is 2. The van der Waals surface area contributed by atoms with Gasteiger partial charge in [-0.2, -0.15) is 10.2 Å². The maximum atomic E-state index is 12.7. The van der Waals surface area contributed by atoms with Crippen LogP contribution in [0.3, 0.4) is 0 Å². The number of aryl methyl sites for hydroxylation is 1. The second-order valence-corrected chi connectivity index (χ2v) is 13.9. The van der Waals surface area contributed by atoms with E-state index >= 15 is 0 Å². The standard InChI is InChI=1S/C35H36O10.C10H18N2O4/c1-4-32(36)42-22-8-6-20-40-28-14-10-26(11-15-28)34(38)44-30-18-19-31(25(3)24-30)45-35(39)27-12-16-29(17-13-27)41-21-7-9-23-43-33(37)5-2;1-9(2,7(13)15-5)11-12-10(3,4)8(14)16-6/h4-5,10-19,24H,1-2,6-9,20-23H2,3H3;1-6H3. The zero-order chi connectivity index (χ0) is 45.4. The van der Waals surface area contributed by atoms with Crippen molar-refractivity contribution in [3.05, 3.63) is 109 Å². The SMILES string of the molecule is C=CC(=O)OCCCCOc1ccc(C(=O)Oc2ccc(OC(=O)c3ccc(OCCCCOC(=O)C=C)cc3)c(C)c2)cc1.COC(=O)C(C)(C)N=NC(C)(C)C(=O)OC. The largest absolute Gasteiger partial charge is 0.494 e. The molecule has 0 amide bonds. The molecule has 0 aromatic heterocycles. The van der Waals surface area contributed by atoms with Crippen LogP contribution < -0.4 is 18.9 Å². The van der Waals surface area contributed by atoms with Gasteiger partial charge < -0.3 is 37.9 Å². The van der Waals surface area contributed by atoms with Crippen molar-refractivity contribution in [3.63, 3.8) is 0 Å². The van der Waals surface area contributed by atoms with Gasteiger partial charge in [-0.15, -0.1) is 0 Å². The lowest BCUT2D eigenvalue weighted by Crippen LogP contribution is -2.34. The average molecular weight is 847 g/mol. The topological polar surface area (TPSA) is 201 Å². The Morgan fingerprint density at radius 2 is 0.934 bits per heavy atom. The molecule has 3 aromatic carbocycles. The highest BCUT2D eigenvalue weighted by molar-refractivity contribution is 5.92. The maximum absolute atomic E-state index is 12.7. The van der Waals surface area contributed by atoms with E-state index in [1.165, 1.54) is 14.2 Å². The van der Waals surface area contributed by atoms with Crippen LogP contribution in [0.4, 0.5) is 0 Å². The molecule has 0 unspecified atom stereocenters. The molecule has 16 heteroatoms. The van der Waals surface area contributed by atoms with E-state index in [4.69, 9.17) is 28.4 Å². The van der Waals surface area contributed by atoms with Crippen molar-refractivity contribution in [1.82, 2.24) is 0 Å². The summed E-state index contributed by atoms with van der Waals surface area (Å²) in [4.78, 5) is 70.0. The lowest BCUT2D eigenvalue weighted by molar-refractivity contribution is -0.148. The number of hydrogen-bond donors (Lipinski definition) is 0. The lowest BCUT2D eigenvalue weighted by atomic mass is 10.1. The van der Waals surface area contributed by atoms with E-state index in [2.05, 4.69) is 32.9 Å². The first-order valence-electron chi connectivity index (χ1n) is 19.2. The van der Waals surface area contributed by atoms with Crippen molar-refractivity contribution >= 4 is 35.8 Å². The number of carbonyl (C=O) groups excluding carboxylic acids is 6. The number of benzene rings is 3. The summed E-state index contributed by atoms with van der Waals surface area (Å²) in [6.07, 6.45) is 4.95. The van der Waals surface area contributed by atoms with Crippen LogP contribution in [0.25, 0.3) is 0 Å². The summed E-state index contributed by atoms with van der Waals surface area (Å²) in [5.74, 6) is -1.20. The third kappa shape index (κ3) is 18.3. The molecule has 0 saturated heterocycles. The van der Waals surface area contributed by atoms with Crippen molar-refractivity contribution in [2.75, 3.05) is 40.6 Å². The average Bonchev–Trinajstić information content (AvgIpc) is 3.25. The van der Waals surface area contributed by atoms with E-state index in [9.17, 15) is 28.8 Å². The van der Waals surface area contributed by atoms with Crippen molar-refractivity contribution < 1.29 is 66.7 Å². The van der Waals surface area contributed by atoms with Gasteiger partial charge in [-0.25, -0.2) is 28.8 Å². The first kappa shape index (κ1) is 50.3. The van der Waals surface area contributed by atoms with E-state index in [1.54, 1.807) is 101 Å². The molecule has 0 saturated carbocycles. The van der Waals surface area contributed by atoms with Gasteiger partial charge >= 0.3 is 35.8 Å². The number of azo groups is 1. The molecule has 0 fully saturated rings. The van der Waals surface area contributed by atoms with Gasteiger partial charge in [0.05, 0.1) is 51.8 Å². The highest BCUT2D eigenvalue weighted by Gasteiger charge is 2.33. The Hall–Kier alpha value is -6.84. The smallest absolute Gasteiger partial charge is 0.343 e. The zero-order valence-electron chi connectivity index (χ0n) is 35.7. The molecule has 0 atom stereocenters. The van der Waals surface area contributed by atoms with Gasteiger partial charge in [-0.1, -0.05) is 13.2 Å². The van der Waals surface area contributed by atoms with Gasteiger partial charge in [0, 0.05) is 12.2 Å². The quantitative estimate of drug-likeness (QED) is 0.0240. The molecule has 61 heavy (non-hydrogen) atoms. The zero-order valence-corrected chi connectivity index (χ0v) is 35.7. The molecule has 3 rings (SSSR count). The molecule has 0 aliphatic rings. The summed E-state index contributed by atoms with van der Waals surface area (Å²) in [6.45, 7) is 16.1. The molecule has 0 aliphatic heterocycles. The molecule has 3 aromatic rings. The molecule has 0 N–H and O–H groups in total. The number of methoxy groups -OCH3 is 2. The fourth-order valence-corrected chi connectivity index (χ4v) is 4.58. The van der Waals surface area contributed by atoms with Gasteiger partial charge in [-0.05, 0) is 133 Å². The third-order valence-electron chi connectivity index (χ3n) is 8.10. The third-order valence-corrected chi connectivity index (χ3v) is 8.10. The van der Waals surface area contributed by atoms with E-state index < -0.39 is 46.9 Å². The molecular weight excluding hydrogens is 792 g/mol. The number of unbranched alkanes of at least 4 members (excludes halogenated alkanes) is 2. The Balaban J connectivity index is 0.000000676. The lowest BCUT2D eigenvalue weighted by Gasteiger charge is -2.19. The molecule has 0 aliphatic carbocycles. The Morgan fingerprint density at radius 3 is 1.31 bits per heavy atom. The van der Waals surface area contributed by atoms with Crippen LogP contribution in [0.2, 0.25) is 0 Å². The number of esters is 6. The minimum atomic E-state index is -1.11. The highest BCUT2D eigenvalue weighted by atomic mass is 16.6. The predicted molar refractivity (Wildman–Crippen MR) is 223 cm³/mol. The highest BCUT2D eigenvalue weighted by Crippen LogP contribution is 2.26. The molecule has 0 spiro atoms. The van der Waals surface area contributed by atoms with E-state index in [1.807, 2.05) is 0 Å². The number of ether oxygens (including phenoxy) is 8. The Labute approximate surface area is 355 Å². The van der Waals surface area contributed by atoms with Crippen LogP contribution in [0.5, 0.6) is 23.0 Å². The van der Waals surface area contributed by atoms with E-state index in [-0.39, 0.29) is 0 Å². The fraction of sp³-hybridized carbons (Fsp3) is 0.378. The van der Waals surface area contributed by atoms with Gasteiger partial charge in [0.1, 0.15) is 23.0 Å². The van der Waals surface area contributed by atoms with Gasteiger partial charge in [0.2, 0.25) is 0 Å². The molecule has 328 valence electrons. The summed E-state index contributed by atoms with van der Waals surface area (Å²) in [5, 5.41) is 7.63. The van der Waals surface area contributed by atoms with Gasteiger partial charge in [0.25, 0.3) is 0 Å². The maximum Gasteiger partial charge on any atom is 0.343 e. The van der Waals surface area contributed by atoms with Crippen LogP contribution in [-0.4, -0.2) is 87.5 Å². The van der Waals surface area contributed by atoms with Crippen LogP contribution in [-0.2, 0) is 38.1 Å². The van der Waals surface area contributed by atoms with Crippen LogP contribution in [0.15, 0.2) is 102 Å². The first-order valence-corrected chi connectivity index (χ1v) is 19.2.